The van der Waals surface area contributed by atoms with E-state index in [1.807, 2.05) is 24.3 Å². The summed E-state index contributed by atoms with van der Waals surface area (Å²) in [5.41, 5.74) is 1.34. The number of rotatable bonds is 7. The normalized spacial score (nSPS) is 11.2. The smallest absolute Gasteiger partial charge is 0.238 e. The van der Waals surface area contributed by atoms with Crippen molar-refractivity contribution in [3.8, 4) is 17.1 Å². The number of hydrogen-bond acceptors (Lipinski definition) is 6. The number of carbonyl (C=O) groups is 1. The van der Waals surface area contributed by atoms with Gasteiger partial charge in [-0.15, -0.1) is 0 Å². The lowest BCUT2D eigenvalue weighted by Crippen LogP contribution is -2.14. The number of carbonyl (C=O) groups excluding carboxylic acids is 1. The van der Waals surface area contributed by atoms with E-state index in [4.69, 9.17) is 14.3 Å². The summed E-state index contributed by atoms with van der Waals surface area (Å²) < 4.78 is 33.3. The van der Waals surface area contributed by atoms with Crippen molar-refractivity contribution >= 4 is 21.6 Å². The Labute approximate surface area is 162 Å². The third-order valence-electron chi connectivity index (χ3n) is 3.96. The summed E-state index contributed by atoms with van der Waals surface area (Å²) in [6.07, 6.45) is 2.11. The first-order valence-corrected chi connectivity index (χ1v) is 9.91. The monoisotopic (exact) mass is 401 g/mol. The van der Waals surface area contributed by atoms with Crippen molar-refractivity contribution < 1.29 is 22.4 Å². The second kappa shape index (κ2) is 8.24. The standard InChI is InChI=1S/C19H19N3O5S/c1-26-15-6-2-13(3-7-15)17-12-21-19(27-17)11-10-18(23)22-14-4-8-16(9-5-14)28(20,24)25/h2-9,12H,10-11H2,1H3,(H,22,23)(H2,20,24,25). The Bertz CT molecular complexity index is 1060. The Morgan fingerprint density at radius 1 is 1.14 bits per heavy atom. The van der Waals surface area contributed by atoms with Gasteiger partial charge in [-0.3, -0.25) is 4.79 Å². The second-order valence-corrected chi connectivity index (χ2v) is 7.53. The van der Waals surface area contributed by atoms with Crippen LogP contribution in [-0.2, 0) is 21.2 Å². The van der Waals surface area contributed by atoms with Gasteiger partial charge in [-0.1, -0.05) is 0 Å². The number of ether oxygens (including phenoxy) is 1. The molecule has 3 aromatic rings. The molecule has 1 aromatic heterocycles. The summed E-state index contributed by atoms with van der Waals surface area (Å²) >= 11 is 0. The highest BCUT2D eigenvalue weighted by molar-refractivity contribution is 7.89. The van der Waals surface area contributed by atoms with Gasteiger partial charge in [0.2, 0.25) is 15.9 Å². The van der Waals surface area contributed by atoms with Crippen LogP contribution in [0.3, 0.4) is 0 Å². The number of methoxy groups -OCH3 is 1. The van der Waals surface area contributed by atoms with Crippen LogP contribution in [0, 0.1) is 0 Å². The van der Waals surface area contributed by atoms with Crippen LogP contribution in [0.4, 0.5) is 5.69 Å². The maximum atomic E-state index is 12.1. The number of oxazole rings is 1. The van der Waals surface area contributed by atoms with Crippen molar-refractivity contribution in [1.29, 1.82) is 0 Å². The first kappa shape index (κ1) is 19.6. The van der Waals surface area contributed by atoms with E-state index in [0.29, 0.717) is 23.8 Å². The lowest BCUT2D eigenvalue weighted by atomic mass is 10.2. The Balaban J connectivity index is 1.55. The highest BCUT2D eigenvalue weighted by atomic mass is 32.2. The van der Waals surface area contributed by atoms with Crippen molar-refractivity contribution in [2.24, 2.45) is 5.14 Å². The molecule has 0 radical (unpaired) electrons. The summed E-state index contributed by atoms with van der Waals surface area (Å²) in [6.45, 7) is 0. The fourth-order valence-electron chi connectivity index (χ4n) is 2.49. The maximum absolute atomic E-state index is 12.1. The molecular weight excluding hydrogens is 382 g/mol. The first-order valence-electron chi connectivity index (χ1n) is 8.37. The number of nitrogens with two attached hydrogens (primary N) is 1. The lowest BCUT2D eigenvalue weighted by molar-refractivity contribution is -0.116. The van der Waals surface area contributed by atoms with Crippen LogP contribution < -0.4 is 15.2 Å². The van der Waals surface area contributed by atoms with E-state index in [0.717, 1.165) is 11.3 Å². The van der Waals surface area contributed by atoms with Crippen LogP contribution in [0.2, 0.25) is 0 Å². The summed E-state index contributed by atoms with van der Waals surface area (Å²) in [7, 11) is -2.16. The van der Waals surface area contributed by atoms with Gasteiger partial charge in [-0.05, 0) is 48.5 Å². The van der Waals surface area contributed by atoms with Crippen LogP contribution in [0.1, 0.15) is 12.3 Å². The van der Waals surface area contributed by atoms with E-state index in [1.54, 1.807) is 13.3 Å². The van der Waals surface area contributed by atoms with Gasteiger partial charge in [0.25, 0.3) is 0 Å². The van der Waals surface area contributed by atoms with Crippen LogP contribution in [0.25, 0.3) is 11.3 Å². The van der Waals surface area contributed by atoms with Gasteiger partial charge < -0.3 is 14.5 Å². The van der Waals surface area contributed by atoms with E-state index >= 15 is 0 Å². The molecule has 3 N–H and O–H groups in total. The number of primary sulfonamides is 1. The molecule has 0 unspecified atom stereocenters. The molecule has 3 rings (SSSR count). The molecule has 0 spiro atoms. The molecule has 0 aliphatic carbocycles. The highest BCUT2D eigenvalue weighted by Gasteiger charge is 2.11. The molecular formula is C19H19N3O5S. The quantitative estimate of drug-likeness (QED) is 0.627. The van der Waals surface area contributed by atoms with E-state index in [1.165, 1.54) is 24.3 Å². The third-order valence-corrected chi connectivity index (χ3v) is 4.89. The van der Waals surface area contributed by atoms with Gasteiger partial charge in [0.05, 0.1) is 18.2 Å². The number of nitrogens with zero attached hydrogens (tertiary/aromatic N) is 1. The number of aryl methyl sites for hydroxylation is 1. The Morgan fingerprint density at radius 2 is 1.82 bits per heavy atom. The van der Waals surface area contributed by atoms with Gasteiger partial charge in [-0.2, -0.15) is 0 Å². The minimum absolute atomic E-state index is 0.0173. The van der Waals surface area contributed by atoms with Gasteiger partial charge in [0, 0.05) is 24.1 Å². The molecule has 146 valence electrons. The average Bonchev–Trinajstić information content (AvgIpc) is 3.15. The predicted molar refractivity (Wildman–Crippen MR) is 103 cm³/mol. The molecule has 28 heavy (non-hydrogen) atoms. The number of amides is 1. The first-order chi connectivity index (χ1) is 13.3. The Hall–Kier alpha value is -3.17. The highest BCUT2D eigenvalue weighted by Crippen LogP contribution is 2.23. The summed E-state index contributed by atoms with van der Waals surface area (Å²) in [6, 6.07) is 13.0. The summed E-state index contributed by atoms with van der Waals surface area (Å²) in [4.78, 5) is 16.3. The van der Waals surface area contributed by atoms with Crippen molar-refractivity contribution in [3.63, 3.8) is 0 Å². The fourth-order valence-corrected chi connectivity index (χ4v) is 3.00. The van der Waals surface area contributed by atoms with Gasteiger partial charge in [0.15, 0.2) is 11.7 Å². The van der Waals surface area contributed by atoms with Gasteiger partial charge in [0.1, 0.15) is 5.75 Å². The number of sulfonamides is 1. The van der Waals surface area contributed by atoms with E-state index in [9.17, 15) is 13.2 Å². The minimum atomic E-state index is -3.76. The molecule has 0 saturated carbocycles. The summed E-state index contributed by atoms with van der Waals surface area (Å²) in [5.74, 6) is 1.56. The van der Waals surface area contributed by atoms with Gasteiger partial charge in [-0.25, -0.2) is 18.5 Å². The molecule has 2 aromatic carbocycles. The summed E-state index contributed by atoms with van der Waals surface area (Å²) in [5, 5.41) is 7.72. The molecule has 0 atom stereocenters. The van der Waals surface area contributed by atoms with E-state index < -0.39 is 10.0 Å². The molecule has 0 bridgehead atoms. The molecule has 0 aliphatic heterocycles. The number of aromatic nitrogens is 1. The van der Waals surface area contributed by atoms with Crippen molar-refractivity contribution in [3.05, 3.63) is 60.6 Å². The molecule has 0 aliphatic rings. The minimum Gasteiger partial charge on any atom is -0.497 e. The molecule has 1 heterocycles. The van der Waals surface area contributed by atoms with Crippen LogP contribution in [0.15, 0.2) is 64.0 Å². The molecule has 0 saturated heterocycles. The zero-order chi connectivity index (χ0) is 20.1. The Morgan fingerprint density at radius 3 is 2.43 bits per heavy atom. The topological polar surface area (TPSA) is 125 Å². The Kier molecular flexibility index (Phi) is 5.76. The van der Waals surface area contributed by atoms with Crippen LogP contribution in [-0.4, -0.2) is 26.4 Å². The number of nitrogens with one attached hydrogen (secondary N) is 1. The average molecular weight is 401 g/mol. The zero-order valence-corrected chi connectivity index (χ0v) is 15.9. The van der Waals surface area contributed by atoms with Crippen LogP contribution in [0.5, 0.6) is 5.75 Å². The molecule has 0 fully saturated rings. The largest absolute Gasteiger partial charge is 0.497 e. The van der Waals surface area contributed by atoms with Crippen molar-refractivity contribution in [2.75, 3.05) is 12.4 Å². The maximum Gasteiger partial charge on any atom is 0.238 e. The molecule has 9 heteroatoms. The lowest BCUT2D eigenvalue weighted by Gasteiger charge is -2.05. The SMILES string of the molecule is COc1ccc(-c2cnc(CCC(=O)Nc3ccc(S(N)(=O)=O)cc3)o2)cc1. The number of hydrogen-bond donors (Lipinski definition) is 2. The molecule has 8 nitrogen and oxygen atoms in total. The third kappa shape index (κ3) is 4.96. The van der Waals surface area contributed by atoms with E-state index in [2.05, 4.69) is 10.3 Å². The number of anilines is 1. The number of benzene rings is 2. The van der Waals surface area contributed by atoms with E-state index in [-0.39, 0.29) is 17.2 Å². The predicted octanol–water partition coefficient (Wildman–Crippen LogP) is 2.57. The second-order valence-electron chi connectivity index (χ2n) is 5.96. The zero-order valence-electron chi connectivity index (χ0n) is 15.1. The van der Waals surface area contributed by atoms with Gasteiger partial charge >= 0.3 is 0 Å². The van der Waals surface area contributed by atoms with Crippen molar-refractivity contribution in [1.82, 2.24) is 4.98 Å². The fraction of sp³-hybridized carbons (Fsp3) is 0.158. The van der Waals surface area contributed by atoms with Crippen LogP contribution >= 0.6 is 0 Å². The van der Waals surface area contributed by atoms with Crippen molar-refractivity contribution in [2.45, 2.75) is 17.7 Å². The molecule has 1 amide bonds.